The Kier molecular flexibility index (Phi) is 5.52. The Morgan fingerprint density at radius 1 is 1.25 bits per heavy atom. The van der Waals surface area contributed by atoms with Crippen molar-refractivity contribution in [2.75, 3.05) is 5.32 Å². The Hall–Kier alpha value is -2.55. The molecule has 0 spiro atoms. The zero-order valence-electron chi connectivity index (χ0n) is 15.2. The van der Waals surface area contributed by atoms with E-state index in [-0.39, 0.29) is 18.0 Å². The fourth-order valence-corrected chi connectivity index (χ4v) is 4.46. The maximum absolute atomic E-state index is 13.7. The van der Waals surface area contributed by atoms with Crippen LogP contribution < -0.4 is 5.32 Å². The number of benzene rings is 1. The summed E-state index contributed by atoms with van der Waals surface area (Å²) in [4.78, 5) is 28.5. The molecule has 2 aliphatic rings. The molecule has 1 aromatic carbocycles. The van der Waals surface area contributed by atoms with Gasteiger partial charge in [0.15, 0.2) is 0 Å². The van der Waals surface area contributed by atoms with Crippen molar-refractivity contribution < 1.29 is 14.0 Å². The lowest BCUT2D eigenvalue weighted by atomic mass is 10.2. The lowest BCUT2D eigenvalue weighted by molar-refractivity contribution is -0.121. The molecular formula is C19H20FN5O2S. The molecule has 9 heteroatoms. The summed E-state index contributed by atoms with van der Waals surface area (Å²) in [6.45, 7) is 0.887. The molecule has 1 atom stereocenters. The molecular weight excluding hydrogens is 381 g/mol. The van der Waals surface area contributed by atoms with E-state index in [9.17, 15) is 14.0 Å². The maximum Gasteiger partial charge on any atom is 0.260 e. The SMILES string of the molecule is O=C(C[C@@H]1SC(Cc2nnc3n2CCCCC3)=NC1=O)Nc1ccccc1F. The van der Waals surface area contributed by atoms with Crippen LogP contribution in [0.5, 0.6) is 0 Å². The molecule has 3 heterocycles. The number of carbonyl (C=O) groups is 2. The molecule has 4 rings (SSSR count). The van der Waals surface area contributed by atoms with Gasteiger partial charge in [-0.05, 0) is 25.0 Å². The van der Waals surface area contributed by atoms with Crippen LogP contribution >= 0.6 is 11.8 Å². The van der Waals surface area contributed by atoms with Crippen molar-refractivity contribution in [3.8, 4) is 0 Å². The molecule has 0 radical (unpaired) electrons. The van der Waals surface area contributed by atoms with E-state index >= 15 is 0 Å². The second-order valence-corrected chi connectivity index (χ2v) is 8.13. The van der Waals surface area contributed by atoms with E-state index in [1.807, 2.05) is 0 Å². The van der Waals surface area contributed by atoms with Gasteiger partial charge in [-0.15, -0.1) is 10.2 Å². The fraction of sp³-hybridized carbons (Fsp3) is 0.421. The number of hydrogen-bond acceptors (Lipinski definition) is 5. The van der Waals surface area contributed by atoms with Crippen molar-refractivity contribution in [1.82, 2.24) is 14.8 Å². The minimum absolute atomic E-state index is 0.0528. The molecule has 1 aromatic heterocycles. The molecule has 2 aromatic rings. The van der Waals surface area contributed by atoms with Gasteiger partial charge in [0.2, 0.25) is 5.91 Å². The van der Waals surface area contributed by atoms with E-state index in [1.165, 1.54) is 30.3 Å². The number of aromatic nitrogens is 3. The van der Waals surface area contributed by atoms with E-state index in [0.717, 1.165) is 37.5 Å². The summed E-state index contributed by atoms with van der Waals surface area (Å²) < 4.78 is 15.8. The number of halogens is 1. The van der Waals surface area contributed by atoms with Crippen LogP contribution in [0.1, 0.15) is 37.3 Å². The van der Waals surface area contributed by atoms with Gasteiger partial charge in [0.05, 0.1) is 17.2 Å². The molecule has 0 saturated carbocycles. The van der Waals surface area contributed by atoms with Crippen molar-refractivity contribution >= 4 is 34.3 Å². The van der Waals surface area contributed by atoms with Crippen LogP contribution in [0.4, 0.5) is 10.1 Å². The summed E-state index contributed by atoms with van der Waals surface area (Å²) in [6, 6.07) is 5.94. The van der Waals surface area contributed by atoms with Crippen LogP contribution in [0.2, 0.25) is 0 Å². The Morgan fingerprint density at radius 2 is 2.11 bits per heavy atom. The number of hydrogen-bond donors (Lipinski definition) is 1. The molecule has 146 valence electrons. The van der Waals surface area contributed by atoms with Gasteiger partial charge in [-0.3, -0.25) is 9.59 Å². The molecule has 2 aliphatic heterocycles. The third-order valence-corrected chi connectivity index (χ3v) is 5.96. The summed E-state index contributed by atoms with van der Waals surface area (Å²) in [5.41, 5.74) is 0.107. The highest BCUT2D eigenvalue weighted by molar-refractivity contribution is 8.15. The molecule has 28 heavy (non-hydrogen) atoms. The number of carbonyl (C=O) groups excluding carboxylic acids is 2. The predicted octanol–water partition coefficient (Wildman–Crippen LogP) is 2.76. The first-order chi connectivity index (χ1) is 13.6. The van der Waals surface area contributed by atoms with Crippen molar-refractivity contribution in [3.63, 3.8) is 0 Å². The van der Waals surface area contributed by atoms with Gasteiger partial charge in [0.1, 0.15) is 22.7 Å². The topological polar surface area (TPSA) is 89.2 Å². The van der Waals surface area contributed by atoms with Crippen molar-refractivity contribution in [2.45, 2.75) is 50.3 Å². The van der Waals surface area contributed by atoms with Crippen LogP contribution in [-0.4, -0.2) is 36.9 Å². The third-order valence-electron chi connectivity index (χ3n) is 4.80. The van der Waals surface area contributed by atoms with Gasteiger partial charge in [-0.2, -0.15) is 0 Å². The lowest BCUT2D eigenvalue weighted by Gasteiger charge is -2.09. The summed E-state index contributed by atoms with van der Waals surface area (Å²) in [6.07, 6.45) is 4.69. The highest BCUT2D eigenvalue weighted by Gasteiger charge is 2.31. The summed E-state index contributed by atoms with van der Waals surface area (Å²) in [5, 5.41) is 11.1. The number of amides is 2. The van der Waals surface area contributed by atoms with E-state index in [1.54, 1.807) is 12.1 Å². The quantitative estimate of drug-likeness (QED) is 0.832. The first-order valence-electron chi connectivity index (χ1n) is 9.33. The highest BCUT2D eigenvalue weighted by Crippen LogP contribution is 2.28. The van der Waals surface area contributed by atoms with Crippen LogP contribution in [0, 0.1) is 5.82 Å². The Balaban J connectivity index is 1.36. The number of anilines is 1. The predicted molar refractivity (Wildman–Crippen MR) is 105 cm³/mol. The first kappa shape index (κ1) is 18.8. The standard InChI is InChI=1S/C19H20FN5O2S/c20-12-6-3-4-7-13(12)21-17(26)10-14-19(27)22-18(28-14)11-16-24-23-15-8-2-1-5-9-25(15)16/h3-4,6-7,14H,1-2,5,8-11H2,(H,21,26)/t14-/m0/s1. The molecule has 0 bridgehead atoms. The summed E-state index contributed by atoms with van der Waals surface area (Å²) in [5.74, 6) is 0.546. The van der Waals surface area contributed by atoms with Gasteiger partial charge in [0.25, 0.3) is 5.91 Å². The zero-order valence-corrected chi connectivity index (χ0v) is 16.0. The molecule has 0 saturated heterocycles. The van der Waals surface area contributed by atoms with Crippen LogP contribution in [0.15, 0.2) is 29.3 Å². The van der Waals surface area contributed by atoms with Crippen LogP contribution in [0.25, 0.3) is 0 Å². The minimum atomic E-state index is -0.590. The number of aryl methyl sites for hydroxylation is 1. The average molecular weight is 401 g/mol. The number of rotatable bonds is 5. The number of aliphatic imine (C=N–C) groups is 1. The van der Waals surface area contributed by atoms with E-state index in [0.29, 0.717) is 11.5 Å². The number of fused-ring (bicyclic) bond motifs is 1. The smallest absolute Gasteiger partial charge is 0.260 e. The first-order valence-corrected chi connectivity index (χ1v) is 10.2. The van der Waals surface area contributed by atoms with Gasteiger partial charge in [-0.25, -0.2) is 9.38 Å². The summed E-state index contributed by atoms with van der Waals surface area (Å²) in [7, 11) is 0. The Labute approximate surface area is 165 Å². The average Bonchev–Trinajstić information content (AvgIpc) is 3.10. The zero-order chi connectivity index (χ0) is 19.5. The maximum atomic E-state index is 13.7. The third kappa shape index (κ3) is 4.14. The van der Waals surface area contributed by atoms with Gasteiger partial charge in [-0.1, -0.05) is 30.3 Å². The molecule has 2 amide bonds. The van der Waals surface area contributed by atoms with E-state index in [4.69, 9.17) is 0 Å². The van der Waals surface area contributed by atoms with Crippen molar-refractivity contribution in [3.05, 3.63) is 41.7 Å². The molecule has 1 N–H and O–H groups in total. The normalized spacial score (nSPS) is 19.1. The van der Waals surface area contributed by atoms with Gasteiger partial charge >= 0.3 is 0 Å². The summed E-state index contributed by atoms with van der Waals surface area (Å²) >= 11 is 1.28. The van der Waals surface area contributed by atoms with Crippen molar-refractivity contribution in [1.29, 1.82) is 0 Å². The number of nitrogens with zero attached hydrogens (tertiary/aromatic N) is 4. The molecule has 0 aliphatic carbocycles. The Morgan fingerprint density at radius 3 is 2.96 bits per heavy atom. The van der Waals surface area contributed by atoms with E-state index in [2.05, 4.69) is 25.1 Å². The number of para-hydroxylation sites is 1. The monoisotopic (exact) mass is 401 g/mol. The number of thioether (sulfide) groups is 1. The molecule has 7 nitrogen and oxygen atoms in total. The van der Waals surface area contributed by atoms with Crippen molar-refractivity contribution in [2.24, 2.45) is 4.99 Å². The molecule has 0 fully saturated rings. The fourth-order valence-electron chi connectivity index (χ4n) is 3.39. The molecule has 0 unspecified atom stereocenters. The van der Waals surface area contributed by atoms with Crippen LogP contribution in [-0.2, 0) is 29.0 Å². The second-order valence-electron chi connectivity index (χ2n) is 6.85. The Bertz CT molecular complexity index is 942. The largest absolute Gasteiger partial charge is 0.324 e. The van der Waals surface area contributed by atoms with Gasteiger partial charge < -0.3 is 9.88 Å². The van der Waals surface area contributed by atoms with E-state index < -0.39 is 17.0 Å². The highest BCUT2D eigenvalue weighted by atomic mass is 32.2. The number of nitrogens with one attached hydrogen (secondary N) is 1. The second kappa shape index (κ2) is 8.22. The van der Waals surface area contributed by atoms with Crippen LogP contribution in [0.3, 0.4) is 0 Å². The van der Waals surface area contributed by atoms with Gasteiger partial charge in [0, 0.05) is 19.4 Å². The minimum Gasteiger partial charge on any atom is -0.324 e. The lowest BCUT2D eigenvalue weighted by Crippen LogP contribution is -2.21.